The lowest BCUT2D eigenvalue weighted by Crippen LogP contribution is -3.10. The van der Waals surface area contributed by atoms with Crippen LogP contribution in [0.5, 0.6) is 0 Å². The summed E-state index contributed by atoms with van der Waals surface area (Å²) in [6, 6.07) is 24.9. The van der Waals surface area contributed by atoms with Crippen LogP contribution in [0.15, 0.2) is 72.9 Å². The normalized spacial score (nSPS) is 11.9. The quantitative estimate of drug-likeness (QED) is 0.637. The zero-order chi connectivity index (χ0) is 18.9. The van der Waals surface area contributed by atoms with Crippen LogP contribution in [0.25, 0.3) is 0 Å². The Morgan fingerprint density at radius 1 is 0.963 bits per heavy atom. The number of benzene rings is 2. The van der Waals surface area contributed by atoms with Gasteiger partial charge in [-0.1, -0.05) is 42.5 Å². The molecule has 0 aliphatic heterocycles. The number of methoxy groups -OCH3 is 1. The Balaban J connectivity index is 1.73. The van der Waals surface area contributed by atoms with Crippen LogP contribution in [0.2, 0.25) is 0 Å². The van der Waals surface area contributed by atoms with E-state index in [0.717, 1.165) is 26.2 Å². The zero-order valence-corrected chi connectivity index (χ0v) is 15.8. The molecule has 4 heteroatoms. The van der Waals surface area contributed by atoms with E-state index in [0.29, 0.717) is 12.2 Å². The third kappa shape index (κ3) is 5.55. The molecule has 3 aromatic rings. The minimum absolute atomic E-state index is 0.714. The van der Waals surface area contributed by atoms with Crippen LogP contribution in [-0.4, -0.2) is 24.8 Å². The first kappa shape index (κ1) is 18.9. The molecule has 1 aromatic heterocycles. The Morgan fingerprint density at radius 2 is 1.78 bits per heavy atom. The number of rotatable bonds is 9. The molecular weight excluding hydrogens is 334 g/mol. The molecule has 4 nitrogen and oxygen atoms in total. The Labute approximate surface area is 161 Å². The molecule has 0 radical (unpaired) electrons. The molecule has 0 aliphatic rings. The van der Waals surface area contributed by atoms with Gasteiger partial charge < -0.3 is 14.2 Å². The molecule has 1 N–H and O–H groups in total. The van der Waals surface area contributed by atoms with Crippen LogP contribution in [0.1, 0.15) is 22.4 Å². The summed E-state index contributed by atoms with van der Waals surface area (Å²) in [5.74, 6) is 0. The number of quaternary nitrogens is 1. The van der Waals surface area contributed by atoms with E-state index in [4.69, 9.17) is 10.00 Å². The van der Waals surface area contributed by atoms with Crippen LogP contribution < -0.4 is 4.90 Å². The van der Waals surface area contributed by atoms with Gasteiger partial charge in [-0.2, -0.15) is 5.26 Å². The van der Waals surface area contributed by atoms with Gasteiger partial charge >= 0.3 is 0 Å². The van der Waals surface area contributed by atoms with E-state index in [1.165, 1.54) is 21.7 Å². The van der Waals surface area contributed by atoms with E-state index >= 15 is 0 Å². The summed E-state index contributed by atoms with van der Waals surface area (Å²) in [6.45, 7) is 4.30. The van der Waals surface area contributed by atoms with Crippen molar-refractivity contribution in [2.45, 2.75) is 19.6 Å². The minimum atomic E-state index is 0.714. The molecule has 3 rings (SSSR count). The topological polar surface area (TPSA) is 42.4 Å². The maximum Gasteiger partial charge on any atom is 0.118 e. The van der Waals surface area contributed by atoms with Crippen LogP contribution in [0, 0.1) is 11.3 Å². The Bertz CT molecular complexity index is 880. The van der Waals surface area contributed by atoms with Crippen molar-refractivity contribution in [3.8, 4) is 6.07 Å². The summed E-state index contributed by atoms with van der Waals surface area (Å²) >= 11 is 0. The molecule has 0 spiro atoms. The third-order valence-corrected chi connectivity index (χ3v) is 4.72. The van der Waals surface area contributed by atoms with Gasteiger partial charge in [0.25, 0.3) is 0 Å². The Hall–Kier alpha value is -2.87. The first-order valence-corrected chi connectivity index (χ1v) is 9.28. The average molecular weight is 360 g/mol. The van der Waals surface area contributed by atoms with E-state index in [-0.39, 0.29) is 0 Å². The lowest BCUT2D eigenvalue weighted by molar-refractivity contribution is -0.928. The van der Waals surface area contributed by atoms with Crippen molar-refractivity contribution in [3.05, 3.63) is 95.3 Å². The SMILES string of the molecule is COCC[NH+](Cc1cccc(C#N)c1)Cc1cccn1Cc1ccccc1. The molecule has 0 saturated heterocycles. The monoisotopic (exact) mass is 360 g/mol. The van der Waals surface area contributed by atoms with Crippen molar-refractivity contribution in [2.24, 2.45) is 0 Å². The van der Waals surface area contributed by atoms with E-state index in [2.05, 4.69) is 59.3 Å². The minimum Gasteiger partial charge on any atom is -0.379 e. The van der Waals surface area contributed by atoms with Gasteiger partial charge in [-0.15, -0.1) is 0 Å². The smallest absolute Gasteiger partial charge is 0.118 e. The Morgan fingerprint density at radius 3 is 2.56 bits per heavy atom. The fraction of sp³-hybridized carbons (Fsp3) is 0.261. The van der Waals surface area contributed by atoms with Crippen LogP contribution >= 0.6 is 0 Å². The van der Waals surface area contributed by atoms with Gasteiger partial charge in [0.1, 0.15) is 19.6 Å². The number of hydrogen-bond acceptors (Lipinski definition) is 2. The van der Waals surface area contributed by atoms with Gasteiger partial charge in [0.15, 0.2) is 0 Å². The molecular formula is C23H26N3O+. The van der Waals surface area contributed by atoms with Crippen molar-refractivity contribution in [3.63, 3.8) is 0 Å². The molecule has 27 heavy (non-hydrogen) atoms. The van der Waals surface area contributed by atoms with Crippen molar-refractivity contribution < 1.29 is 9.64 Å². The van der Waals surface area contributed by atoms with Crippen molar-refractivity contribution >= 4 is 0 Å². The lowest BCUT2D eigenvalue weighted by atomic mass is 10.1. The van der Waals surface area contributed by atoms with Gasteiger partial charge in [-0.05, 0) is 29.8 Å². The summed E-state index contributed by atoms with van der Waals surface area (Å²) < 4.78 is 7.63. The van der Waals surface area contributed by atoms with Crippen LogP contribution in [0.3, 0.4) is 0 Å². The average Bonchev–Trinajstić information content (AvgIpc) is 3.13. The van der Waals surface area contributed by atoms with E-state index < -0.39 is 0 Å². The molecule has 0 amide bonds. The first-order chi connectivity index (χ1) is 13.3. The van der Waals surface area contributed by atoms with Crippen molar-refractivity contribution in [2.75, 3.05) is 20.3 Å². The maximum atomic E-state index is 9.14. The molecule has 0 bridgehead atoms. The largest absolute Gasteiger partial charge is 0.379 e. The predicted octanol–water partition coefficient (Wildman–Crippen LogP) is 2.64. The van der Waals surface area contributed by atoms with Gasteiger partial charge in [0.2, 0.25) is 0 Å². The number of ether oxygens (including phenoxy) is 1. The molecule has 138 valence electrons. The summed E-state index contributed by atoms with van der Waals surface area (Å²) in [5, 5.41) is 9.14. The lowest BCUT2D eigenvalue weighted by Gasteiger charge is -2.20. The van der Waals surface area contributed by atoms with Gasteiger partial charge in [0.05, 0.1) is 23.9 Å². The highest BCUT2D eigenvalue weighted by Crippen LogP contribution is 2.08. The zero-order valence-electron chi connectivity index (χ0n) is 15.8. The second-order valence-corrected chi connectivity index (χ2v) is 6.77. The van der Waals surface area contributed by atoms with Gasteiger partial charge in [0, 0.05) is 25.4 Å². The summed E-state index contributed by atoms with van der Waals surface area (Å²) in [4.78, 5) is 1.42. The van der Waals surface area contributed by atoms with Crippen LogP contribution in [0.4, 0.5) is 0 Å². The highest BCUT2D eigenvalue weighted by molar-refractivity contribution is 5.32. The second-order valence-electron chi connectivity index (χ2n) is 6.77. The van der Waals surface area contributed by atoms with Crippen molar-refractivity contribution in [1.29, 1.82) is 5.26 Å². The molecule has 0 saturated carbocycles. The molecule has 1 heterocycles. The number of nitriles is 1. The number of nitrogens with zero attached hydrogens (tertiary/aromatic N) is 2. The standard InChI is InChI=1S/C23H25N3O/c1-27-14-13-25(17-22-10-5-9-21(15-22)16-24)19-23-11-6-12-26(23)18-20-7-3-2-4-8-20/h2-12,15H,13-14,17-19H2,1H3/p+1. The molecule has 0 aliphatic carbocycles. The summed E-state index contributed by atoms with van der Waals surface area (Å²) in [5.41, 5.74) is 4.50. The van der Waals surface area contributed by atoms with E-state index in [1.54, 1.807) is 7.11 Å². The van der Waals surface area contributed by atoms with Gasteiger partial charge in [-0.3, -0.25) is 0 Å². The predicted molar refractivity (Wildman–Crippen MR) is 106 cm³/mol. The molecule has 1 unspecified atom stereocenters. The molecule has 0 fully saturated rings. The van der Waals surface area contributed by atoms with Crippen molar-refractivity contribution in [1.82, 2.24) is 4.57 Å². The number of aromatic nitrogens is 1. The van der Waals surface area contributed by atoms with E-state index in [9.17, 15) is 0 Å². The third-order valence-electron chi connectivity index (χ3n) is 4.72. The van der Waals surface area contributed by atoms with Gasteiger partial charge in [-0.25, -0.2) is 0 Å². The van der Waals surface area contributed by atoms with Crippen LogP contribution in [-0.2, 0) is 24.4 Å². The fourth-order valence-electron chi connectivity index (χ4n) is 3.33. The van der Waals surface area contributed by atoms with E-state index in [1.807, 2.05) is 24.3 Å². The second kappa shape index (κ2) is 9.72. The maximum absolute atomic E-state index is 9.14. The molecule has 1 atom stereocenters. The fourth-order valence-corrected chi connectivity index (χ4v) is 3.33. The Kier molecular flexibility index (Phi) is 6.81. The molecule has 2 aromatic carbocycles. The number of nitrogens with one attached hydrogen (secondary N) is 1. The first-order valence-electron chi connectivity index (χ1n) is 9.28. The number of hydrogen-bond donors (Lipinski definition) is 1. The summed E-state index contributed by atoms with van der Waals surface area (Å²) in [6.07, 6.45) is 2.15. The highest BCUT2D eigenvalue weighted by atomic mass is 16.5. The summed E-state index contributed by atoms with van der Waals surface area (Å²) in [7, 11) is 1.74. The highest BCUT2D eigenvalue weighted by Gasteiger charge is 2.14.